The van der Waals surface area contributed by atoms with E-state index in [9.17, 15) is 4.79 Å². The first kappa shape index (κ1) is 18.7. The lowest BCUT2D eigenvalue weighted by Crippen LogP contribution is -2.36. The Morgan fingerprint density at radius 3 is 2.57 bits per heavy atom. The van der Waals surface area contributed by atoms with E-state index in [4.69, 9.17) is 9.84 Å². The number of benzene rings is 1. The topological polar surface area (TPSA) is 85.2 Å². The highest BCUT2D eigenvalue weighted by Crippen LogP contribution is 2.40. The molecule has 8 nitrogen and oxygen atoms in total. The summed E-state index contributed by atoms with van der Waals surface area (Å²) in [6.45, 7) is 7.04. The predicted molar refractivity (Wildman–Crippen MR) is 113 cm³/mol. The molecule has 1 unspecified atom stereocenters. The predicted octanol–water partition coefficient (Wildman–Crippen LogP) is 2.59. The smallest absolute Gasteiger partial charge is 0.226 e. The fraction of sp³-hybridized carbons (Fsp3) is 0.364. The van der Waals surface area contributed by atoms with Gasteiger partial charge in [0.05, 0.1) is 18.9 Å². The van der Waals surface area contributed by atoms with E-state index < -0.39 is 0 Å². The molecule has 30 heavy (non-hydrogen) atoms. The molecule has 3 aromatic rings. The standard InChI is InChI=1S/C22H24N6O2/c1-14-4-3-5-16(12-14)17-13-20(29)23-22-21(17)15(2)26-28(22)19-7-6-18(24-25-19)27-8-10-30-11-9-27/h3-7,12,17H,8-11,13H2,1-2H3,(H,23,29). The van der Waals surface area contributed by atoms with Gasteiger partial charge in [-0.25, -0.2) is 0 Å². The lowest BCUT2D eigenvalue weighted by molar-refractivity contribution is -0.116. The second-order valence-electron chi connectivity index (χ2n) is 7.83. The van der Waals surface area contributed by atoms with Crippen LogP contribution in [0.4, 0.5) is 11.6 Å². The normalized spacial score (nSPS) is 18.8. The molecule has 1 amide bonds. The van der Waals surface area contributed by atoms with E-state index in [1.54, 1.807) is 4.68 Å². The van der Waals surface area contributed by atoms with Crippen molar-refractivity contribution in [2.45, 2.75) is 26.2 Å². The van der Waals surface area contributed by atoms with E-state index in [0.717, 1.165) is 35.7 Å². The maximum atomic E-state index is 12.5. The number of nitrogens with zero attached hydrogens (tertiary/aromatic N) is 5. The minimum absolute atomic E-state index is 0.0203. The highest BCUT2D eigenvalue weighted by atomic mass is 16.5. The Bertz CT molecular complexity index is 1090. The summed E-state index contributed by atoms with van der Waals surface area (Å²) < 4.78 is 7.09. The van der Waals surface area contributed by atoms with E-state index in [0.29, 0.717) is 31.3 Å². The number of morpholine rings is 1. The van der Waals surface area contributed by atoms with Crippen molar-refractivity contribution in [2.75, 3.05) is 36.5 Å². The Hall–Kier alpha value is -3.26. The Morgan fingerprint density at radius 2 is 1.83 bits per heavy atom. The summed E-state index contributed by atoms with van der Waals surface area (Å²) in [5, 5.41) is 16.5. The monoisotopic (exact) mass is 404 g/mol. The number of nitrogens with one attached hydrogen (secondary N) is 1. The van der Waals surface area contributed by atoms with Gasteiger partial charge in [0.25, 0.3) is 0 Å². The summed E-state index contributed by atoms with van der Waals surface area (Å²) >= 11 is 0. The molecule has 0 saturated carbocycles. The third kappa shape index (κ3) is 3.33. The molecule has 0 aliphatic carbocycles. The van der Waals surface area contributed by atoms with Gasteiger partial charge in [-0.1, -0.05) is 29.8 Å². The van der Waals surface area contributed by atoms with Crippen LogP contribution in [0.5, 0.6) is 0 Å². The molecule has 4 heterocycles. The summed E-state index contributed by atoms with van der Waals surface area (Å²) in [6.07, 6.45) is 0.407. The van der Waals surface area contributed by atoms with Crippen molar-refractivity contribution in [2.24, 2.45) is 0 Å². The van der Waals surface area contributed by atoms with Gasteiger partial charge in [-0.2, -0.15) is 9.78 Å². The van der Waals surface area contributed by atoms with Crippen LogP contribution in [0.25, 0.3) is 5.82 Å². The average molecular weight is 404 g/mol. The molecule has 0 bridgehead atoms. The first-order valence-electron chi connectivity index (χ1n) is 10.2. The highest BCUT2D eigenvalue weighted by Gasteiger charge is 2.33. The molecular formula is C22H24N6O2. The fourth-order valence-corrected chi connectivity index (χ4v) is 4.28. The van der Waals surface area contributed by atoms with Crippen molar-refractivity contribution in [1.29, 1.82) is 0 Å². The second kappa shape index (κ2) is 7.53. The zero-order valence-corrected chi connectivity index (χ0v) is 17.1. The molecule has 154 valence electrons. The van der Waals surface area contributed by atoms with Crippen molar-refractivity contribution in [3.05, 3.63) is 58.8 Å². The summed E-state index contributed by atoms with van der Waals surface area (Å²) in [4.78, 5) is 14.7. The van der Waals surface area contributed by atoms with Gasteiger partial charge in [0, 0.05) is 31.0 Å². The van der Waals surface area contributed by atoms with Gasteiger partial charge in [0.1, 0.15) is 5.82 Å². The molecule has 1 fully saturated rings. The third-order valence-electron chi connectivity index (χ3n) is 5.74. The van der Waals surface area contributed by atoms with Crippen LogP contribution in [0.3, 0.4) is 0 Å². The number of carbonyl (C=O) groups is 1. The number of amides is 1. The van der Waals surface area contributed by atoms with Crippen molar-refractivity contribution in [3.63, 3.8) is 0 Å². The maximum Gasteiger partial charge on any atom is 0.226 e. The molecular weight excluding hydrogens is 380 g/mol. The number of carbonyl (C=O) groups excluding carboxylic acids is 1. The van der Waals surface area contributed by atoms with Crippen molar-refractivity contribution in [1.82, 2.24) is 20.0 Å². The number of aryl methyl sites for hydroxylation is 2. The van der Waals surface area contributed by atoms with E-state index in [1.165, 1.54) is 5.56 Å². The number of aromatic nitrogens is 4. The van der Waals surface area contributed by atoms with Gasteiger partial charge in [-0.05, 0) is 31.5 Å². The molecule has 1 atom stereocenters. The van der Waals surface area contributed by atoms with Crippen LogP contribution in [0.2, 0.25) is 0 Å². The molecule has 2 aliphatic heterocycles. The van der Waals surface area contributed by atoms with Crippen molar-refractivity contribution in [3.8, 4) is 5.82 Å². The lowest BCUT2D eigenvalue weighted by atomic mass is 9.85. The summed E-state index contributed by atoms with van der Waals surface area (Å²) in [6, 6.07) is 12.2. The largest absolute Gasteiger partial charge is 0.378 e. The van der Waals surface area contributed by atoms with Gasteiger partial charge >= 0.3 is 0 Å². The summed E-state index contributed by atoms with van der Waals surface area (Å²) in [7, 11) is 0. The van der Waals surface area contributed by atoms with Crippen LogP contribution < -0.4 is 10.2 Å². The van der Waals surface area contributed by atoms with Crippen LogP contribution in [-0.2, 0) is 9.53 Å². The van der Waals surface area contributed by atoms with Crippen LogP contribution in [-0.4, -0.2) is 52.2 Å². The summed E-state index contributed by atoms with van der Waals surface area (Å²) in [5.74, 6) is 2.04. The second-order valence-corrected chi connectivity index (χ2v) is 7.83. The minimum atomic E-state index is -0.0250. The quantitative estimate of drug-likeness (QED) is 0.722. The molecule has 0 spiro atoms. The van der Waals surface area contributed by atoms with Crippen LogP contribution in [0, 0.1) is 13.8 Å². The van der Waals surface area contributed by atoms with Gasteiger partial charge < -0.3 is 15.0 Å². The van der Waals surface area contributed by atoms with E-state index in [-0.39, 0.29) is 11.8 Å². The van der Waals surface area contributed by atoms with Gasteiger partial charge in [0.15, 0.2) is 11.6 Å². The highest BCUT2D eigenvalue weighted by molar-refractivity contribution is 5.95. The van der Waals surface area contributed by atoms with Gasteiger partial charge in [0.2, 0.25) is 5.91 Å². The van der Waals surface area contributed by atoms with Crippen molar-refractivity contribution < 1.29 is 9.53 Å². The zero-order valence-electron chi connectivity index (χ0n) is 17.1. The number of ether oxygens (including phenoxy) is 1. The maximum absolute atomic E-state index is 12.5. The third-order valence-corrected chi connectivity index (χ3v) is 5.74. The molecule has 8 heteroatoms. The zero-order chi connectivity index (χ0) is 20.7. The van der Waals surface area contributed by atoms with Gasteiger partial charge in [-0.3, -0.25) is 4.79 Å². The fourth-order valence-electron chi connectivity index (χ4n) is 4.28. The number of fused-ring (bicyclic) bond motifs is 1. The average Bonchev–Trinajstić information content (AvgIpc) is 3.10. The number of rotatable bonds is 3. The van der Waals surface area contributed by atoms with E-state index in [2.05, 4.69) is 45.5 Å². The van der Waals surface area contributed by atoms with Crippen LogP contribution in [0.15, 0.2) is 36.4 Å². The molecule has 2 aliphatic rings. The minimum Gasteiger partial charge on any atom is -0.378 e. The molecule has 1 N–H and O–H groups in total. The first-order valence-corrected chi connectivity index (χ1v) is 10.2. The number of hydrogen-bond acceptors (Lipinski definition) is 6. The Labute approximate surface area is 174 Å². The number of hydrogen-bond donors (Lipinski definition) is 1. The Kier molecular flexibility index (Phi) is 4.71. The van der Waals surface area contributed by atoms with Crippen molar-refractivity contribution >= 4 is 17.5 Å². The molecule has 5 rings (SSSR count). The Balaban J connectivity index is 1.52. The van der Waals surface area contributed by atoms with Crippen LogP contribution in [0.1, 0.15) is 34.7 Å². The van der Waals surface area contributed by atoms with Gasteiger partial charge in [-0.15, -0.1) is 10.2 Å². The SMILES string of the molecule is Cc1cccc(C2CC(=O)Nc3c2c(C)nn3-c2ccc(N3CCOCC3)nn2)c1. The molecule has 1 saturated heterocycles. The van der Waals surface area contributed by atoms with E-state index in [1.807, 2.05) is 25.1 Å². The lowest BCUT2D eigenvalue weighted by Gasteiger charge is -2.27. The first-order chi connectivity index (χ1) is 14.6. The molecule has 0 radical (unpaired) electrons. The Morgan fingerprint density at radius 1 is 1.07 bits per heavy atom. The summed E-state index contributed by atoms with van der Waals surface area (Å²) in [5.41, 5.74) is 4.23. The molecule has 1 aromatic carbocycles. The van der Waals surface area contributed by atoms with E-state index >= 15 is 0 Å². The number of anilines is 2. The molecule has 2 aromatic heterocycles. The van der Waals surface area contributed by atoms with Crippen LogP contribution >= 0.6 is 0 Å².